The number of aromatic nitrogens is 2. The van der Waals surface area contributed by atoms with Crippen LogP contribution in [0.2, 0.25) is 5.02 Å². The molecule has 0 bridgehead atoms. The predicted octanol–water partition coefficient (Wildman–Crippen LogP) is 3.78. The second kappa shape index (κ2) is 8.46. The van der Waals surface area contributed by atoms with Crippen molar-refractivity contribution in [3.63, 3.8) is 0 Å². The summed E-state index contributed by atoms with van der Waals surface area (Å²) in [7, 11) is 0. The molecule has 3 aromatic rings. The van der Waals surface area contributed by atoms with Crippen molar-refractivity contribution >= 4 is 56.7 Å². The Kier molecular flexibility index (Phi) is 5.79. The van der Waals surface area contributed by atoms with E-state index >= 15 is 0 Å². The molecule has 144 valence electrons. The number of hydrogen-bond donors (Lipinski definition) is 2. The Bertz CT molecular complexity index is 1040. The zero-order valence-corrected chi connectivity index (χ0v) is 17.2. The smallest absolute Gasteiger partial charge is 0.269 e. The molecule has 2 N–H and O–H groups in total. The van der Waals surface area contributed by atoms with Gasteiger partial charge in [-0.25, -0.2) is 9.97 Å². The molecule has 0 saturated heterocycles. The fourth-order valence-electron chi connectivity index (χ4n) is 3.14. The van der Waals surface area contributed by atoms with E-state index in [1.165, 1.54) is 35.0 Å². The highest BCUT2D eigenvalue weighted by Gasteiger charge is 2.20. The molecule has 0 saturated carbocycles. The van der Waals surface area contributed by atoms with Gasteiger partial charge in [0.15, 0.2) is 0 Å². The first-order valence-corrected chi connectivity index (χ1v) is 11.0. The van der Waals surface area contributed by atoms with E-state index in [1.807, 2.05) is 0 Å². The Morgan fingerprint density at radius 2 is 1.89 bits per heavy atom. The van der Waals surface area contributed by atoms with Gasteiger partial charge in [-0.2, -0.15) is 0 Å². The van der Waals surface area contributed by atoms with Gasteiger partial charge in [0, 0.05) is 20.8 Å². The zero-order chi connectivity index (χ0) is 19.5. The molecule has 1 aliphatic carbocycles. The van der Waals surface area contributed by atoms with Gasteiger partial charge in [0.2, 0.25) is 5.91 Å². The lowest BCUT2D eigenvalue weighted by molar-refractivity contribution is -0.119. The molecule has 1 aromatic carbocycles. The average molecular weight is 433 g/mol. The summed E-state index contributed by atoms with van der Waals surface area (Å²) < 4.78 is 0. The molecule has 9 heteroatoms. The van der Waals surface area contributed by atoms with Gasteiger partial charge in [-0.1, -0.05) is 23.4 Å². The normalized spacial score (nSPS) is 13.2. The first-order chi connectivity index (χ1) is 13.6. The summed E-state index contributed by atoms with van der Waals surface area (Å²) in [4.78, 5) is 35.4. The van der Waals surface area contributed by atoms with Gasteiger partial charge in [-0.3, -0.25) is 20.4 Å². The molecule has 0 radical (unpaired) electrons. The standard InChI is InChI=1S/C19H17ClN4O2S2/c20-12-7-5-11(6-8-12)17(26)24-23-15(25)9-27-18-16-13-3-1-2-4-14(13)28-19(16)22-10-21-18/h5-8,10H,1-4,9H2,(H,23,25)(H,24,26). The second-order valence-electron chi connectivity index (χ2n) is 6.37. The Morgan fingerprint density at radius 1 is 1.11 bits per heavy atom. The van der Waals surface area contributed by atoms with Crippen LogP contribution in [0.4, 0.5) is 0 Å². The fraction of sp³-hybridized carbons (Fsp3) is 0.263. The number of carbonyl (C=O) groups is 2. The van der Waals surface area contributed by atoms with E-state index in [9.17, 15) is 9.59 Å². The number of hydrazine groups is 1. The highest BCUT2D eigenvalue weighted by Crippen LogP contribution is 2.39. The van der Waals surface area contributed by atoms with Gasteiger partial charge in [-0.15, -0.1) is 11.3 Å². The van der Waals surface area contributed by atoms with E-state index in [2.05, 4.69) is 20.8 Å². The summed E-state index contributed by atoms with van der Waals surface area (Å²) in [5.41, 5.74) is 6.60. The summed E-state index contributed by atoms with van der Waals surface area (Å²) in [6.45, 7) is 0. The molecule has 2 heterocycles. The van der Waals surface area contributed by atoms with E-state index in [1.54, 1.807) is 41.9 Å². The van der Waals surface area contributed by atoms with Crippen LogP contribution in [0, 0.1) is 0 Å². The van der Waals surface area contributed by atoms with Crippen LogP contribution in [0.5, 0.6) is 0 Å². The fourth-order valence-corrected chi connectivity index (χ4v) is 5.39. The number of rotatable bonds is 4. The largest absolute Gasteiger partial charge is 0.272 e. The molecule has 2 amide bonds. The Morgan fingerprint density at radius 3 is 2.71 bits per heavy atom. The van der Waals surface area contributed by atoms with Crippen molar-refractivity contribution in [3.05, 3.63) is 51.6 Å². The van der Waals surface area contributed by atoms with Crippen LogP contribution in [0.25, 0.3) is 10.2 Å². The summed E-state index contributed by atoms with van der Waals surface area (Å²) in [5, 5.41) is 2.46. The van der Waals surface area contributed by atoms with Gasteiger partial charge >= 0.3 is 0 Å². The lowest BCUT2D eigenvalue weighted by Crippen LogP contribution is -2.42. The van der Waals surface area contributed by atoms with E-state index in [-0.39, 0.29) is 11.7 Å². The van der Waals surface area contributed by atoms with Crippen LogP contribution in [-0.2, 0) is 17.6 Å². The van der Waals surface area contributed by atoms with Crippen LogP contribution in [0.1, 0.15) is 33.6 Å². The lowest BCUT2D eigenvalue weighted by Gasteiger charge is -2.11. The highest BCUT2D eigenvalue weighted by molar-refractivity contribution is 8.00. The van der Waals surface area contributed by atoms with Crippen LogP contribution < -0.4 is 10.9 Å². The molecule has 0 aliphatic heterocycles. The minimum absolute atomic E-state index is 0.150. The van der Waals surface area contributed by atoms with Crippen molar-refractivity contribution in [1.82, 2.24) is 20.8 Å². The molecule has 1 aliphatic rings. The number of nitrogens with one attached hydrogen (secondary N) is 2. The summed E-state index contributed by atoms with van der Waals surface area (Å²) >= 11 is 8.90. The topological polar surface area (TPSA) is 84.0 Å². The average Bonchev–Trinajstić information content (AvgIpc) is 3.10. The van der Waals surface area contributed by atoms with E-state index in [0.29, 0.717) is 10.6 Å². The number of carbonyl (C=O) groups excluding carboxylic acids is 2. The van der Waals surface area contributed by atoms with Gasteiger partial charge < -0.3 is 0 Å². The van der Waals surface area contributed by atoms with Crippen molar-refractivity contribution < 1.29 is 9.59 Å². The minimum Gasteiger partial charge on any atom is -0.272 e. The van der Waals surface area contributed by atoms with Crippen molar-refractivity contribution in [2.45, 2.75) is 30.7 Å². The third-order valence-corrected chi connectivity index (χ3v) is 6.92. The van der Waals surface area contributed by atoms with Gasteiger partial charge in [0.1, 0.15) is 16.2 Å². The quantitative estimate of drug-likeness (QED) is 0.372. The molecule has 6 nitrogen and oxygen atoms in total. The highest BCUT2D eigenvalue weighted by atomic mass is 35.5. The van der Waals surface area contributed by atoms with Crippen LogP contribution in [0.3, 0.4) is 0 Å². The number of aryl methyl sites for hydroxylation is 2. The summed E-state index contributed by atoms with van der Waals surface area (Å²) in [5.74, 6) is -0.549. The Hall–Kier alpha value is -2.16. The van der Waals surface area contributed by atoms with Gasteiger partial charge in [0.25, 0.3) is 5.91 Å². The maximum absolute atomic E-state index is 12.2. The number of thiophene rings is 1. The SMILES string of the molecule is O=C(CSc1ncnc2sc3c(c12)CCCC3)NNC(=O)c1ccc(Cl)cc1. The van der Waals surface area contributed by atoms with Crippen molar-refractivity contribution in [2.24, 2.45) is 0 Å². The molecule has 0 unspecified atom stereocenters. The molecule has 2 aromatic heterocycles. The second-order valence-corrected chi connectivity index (χ2v) is 8.85. The molecular formula is C19H17ClN4O2S2. The van der Waals surface area contributed by atoms with Crippen molar-refractivity contribution in [3.8, 4) is 0 Å². The van der Waals surface area contributed by atoms with E-state index < -0.39 is 5.91 Å². The van der Waals surface area contributed by atoms with Gasteiger partial charge in [0.05, 0.1) is 5.75 Å². The molecular weight excluding hydrogens is 416 g/mol. The predicted molar refractivity (Wildman–Crippen MR) is 112 cm³/mol. The van der Waals surface area contributed by atoms with Crippen LogP contribution in [-0.4, -0.2) is 27.5 Å². The Labute approximate surface area is 175 Å². The van der Waals surface area contributed by atoms with Gasteiger partial charge in [-0.05, 0) is 55.5 Å². The number of halogens is 1. The minimum atomic E-state index is -0.397. The molecule has 0 atom stereocenters. The number of nitrogens with zero attached hydrogens (tertiary/aromatic N) is 2. The molecule has 28 heavy (non-hydrogen) atoms. The third-order valence-electron chi connectivity index (χ3n) is 4.48. The first-order valence-electron chi connectivity index (χ1n) is 8.84. The maximum Gasteiger partial charge on any atom is 0.269 e. The maximum atomic E-state index is 12.2. The Balaban J connectivity index is 1.38. The monoisotopic (exact) mass is 432 g/mol. The zero-order valence-electron chi connectivity index (χ0n) is 14.8. The summed E-state index contributed by atoms with van der Waals surface area (Å²) in [6.07, 6.45) is 6.07. The number of amides is 2. The van der Waals surface area contributed by atoms with Crippen LogP contribution in [0.15, 0.2) is 35.6 Å². The third kappa shape index (κ3) is 4.14. The number of fused-ring (bicyclic) bond motifs is 3. The van der Waals surface area contributed by atoms with Crippen LogP contribution >= 0.6 is 34.7 Å². The number of benzene rings is 1. The lowest BCUT2D eigenvalue weighted by atomic mass is 9.97. The first kappa shape index (κ1) is 19.2. The number of thioether (sulfide) groups is 1. The number of hydrogen-bond acceptors (Lipinski definition) is 6. The molecule has 4 rings (SSSR count). The van der Waals surface area contributed by atoms with E-state index in [4.69, 9.17) is 11.6 Å². The van der Waals surface area contributed by atoms with Crippen molar-refractivity contribution in [1.29, 1.82) is 0 Å². The van der Waals surface area contributed by atoms with Crippen molar-refractivity contribution in [2.75, 3.05) is 5.75 Å². The summed E-state index contributed by atoms with van der Waals surface area (Å²) in [6, 6.07) is 6.43. The molecule has 0 fully saturated rings. The molecule has 0 spiro atoms. The van der Waals surface area contributed by atoms with E-state index in [0.717, 1.165) is 28.1 Å².